The van der Waals surface area contributed by atoms with Crippen LogP contribution in [-0.4, -0.2) is 63.3 Å². The lowest BCUT2D eigenvalue weighted by Crippen LogP contribution is -2.40. The van der Waals surface area contributed by atoms with Gasteiger partial charge in [-0.25, -0.2) is 0 Å². The van der Waals surface area contributed by atoms with E-state index in [0.29, 0.717) is 19.8 Å². The molecule has 7 heteroatoms. The lowest BCUT2D eigenvalue weighted by molar-refractivity contribution is -0.168. The summed E-state index contributed by atoms with van der Waals surface area (Å²) in [6.07, 6.45) is 0.575. The van der Waals surface area contributed by atoms with E-state index in [1.807, 2.05) is 25.1 Å². The fraction of sp³-hybridized carbons (Fsp3) is 0.680. The van der Waals surface area contributed by atoms with Crippen LogP contribution in [-0.2, 0) is 39.7 Å². The predicted molar refractivity (Wildman–Crippen MR) is 120 cm³/mol. The minimum atomic E-state index is -0.711. The molecule has 0 N–H and O–H groups in total. The number of ether oxygens (including phenoxy) is 5. The zero-order valence-electron chi connectivity index (χ0n) is 20.0. The molecule has 0 spiro atoms. The number of rotatable bonds is 9. The number of esters is 2. The molecule has 1 aliphatic heterocycles. The highest BCUT2D eigenvalue weighted by atomic mass is 16.6. The van der Waals surface area contributed by atoms with Crippen LogP contribution in [0.15, 0.2) is 30.3 Å². The average molecular weight is 451 g/mol. The first-order valence-electron chi connectivity index (χ1n) is 11.3. The average Bonchev–Trinajstić information content (AvgIpc) is 2.75. The molecule has 0 aliphatic carbocycles. The van der Waals surface area contributed by atoms with Gasteiger partial charge in [0.2, 0.25) is 0 Å². The van der Waals surface area contributed by atoms with Gasteiger partial charge in [0, 0.05) is 26.2 Å². The Balaban J connectivity index is 2.12. The van der Waals surface area contributed by atoms with Crippen molar-refractivity contribution in [2.24, 2.45) is 11.8 Å². The van der Waals surface area contributed by atoms with Crippen LogP contribution in [0.2, 0.25) is 0 Å². The van der Waals surface area contributed by atoms with Crippen molar-refractivity contribution in [3.05, 3.63) is 35.9 Å². The lowest BCUT2D eigenvalue weighted by Gasteiger charge is -2.31. The normalized spacial score (nSPS) is 24.7. The number of methoxy groups -OCH3 is 1. The summed E-state index contributed by atoms with van der Waals surface area (Å²) in [6, 6.07) is 10.1. The Morgan fingerprint density at radius 1 is 1.12 bits per heavy atom. The first kappa shape index (κ1) is 26.3. The molecule has 2 rings (SSSR count). The van der Waals surface area contributed by atoms with Crippen molar-refractivity contribution in [1.29, 1.82) is 0 Å². The third-order valence-corrected chi connectivity index (χ3v) is 5.19. The third-order valence-electron chi connectivity index (χ3n) is 5.19. The zero-order chi connectivity index (χ0) is 23.6. The quantitative estimate of drug-likeness (QED) is 0.420. The molecule has 0 saturated carbocycles. The number of benzene rings is 1. The maximum Gasteiger partial charge on any atom is 0.312 e. The molecule has 1 aromatic rings. The molecule has 1 aliphatic rings. The molecule has 7 nitrogen and oxygen atoms in total. The van der Waals surface area contributed by atoms with Gasteiger partial charge in [-0.3, -0.25) is 9.59 Å². The van der Waals surface area contributed by atoms with Gasteiger partial charge in [-0.15, -0.1) is 0 Å². The summed E-state index contributed by atoms with van der Waals surface area (Å²) in [5.41, 5.74) is 0.546. The van der Waals surface area contributed by atoms with Gasteiger partial charge in [-0.05, 0) is 46.1 Å². The van der Waals surface area contributed by atoms with Crippen LogP contribution in [0, 0.1) is 11.8 Å². The van der Waals surface area contributed by atoms with Crippen LogP contribution >= 0.6 is 0 Å². The van der Waals surface area contributed by atoms with Gasteiger partial charge >= 0.3 is 11.9 Å². The van der Waals surface area contributed by atoms with E-state index in [-0.39, 0.29) is 25.0 Å². The van der Waals surface area contributed by atoms with E-state index in [1.54, 1.807) is 27.9 Å². The van der Waals surface area contributed by atoms with Gasteiger partial charge in [-0.1, -0.05) is 30.3 Å². The van der Waals surface area contributed by atoms with Crippen LogP contribution in [0.5, 0.6) is 0 Å². The molecule has 4 atom stereocenters. The summed E-state index contributed by atoms with van der Waals surface area (Å²) in [5, 5.41) is 0. The Morgan fingerprint density at radius 3 is 2.50 bits per heavy atom. The fourth-order valence-corrected chi connectivity index (χ4v) is 3.77. The predicted octanol–water partition coefficient (Wildman–Crippen LogP) is 3.58. The molecule has 180 valence electrons. The Kier molecular flexibility index (Phi) is 10.6. The summed E-state index contributed by atoms with van der Waals surface area (Å²) < 4.78 is 28.4. The van der Waals surface area contributed by atoms with Crippen molar-refractivity contribution in [2.45, 2.75) is 64.8 Å². The highest BCUT2D eigenvalue weighted by molar-refractivity contribution is 5.80. The summed E-state index contributed by atoms with van der Waals surface area (Å²) in [4.78, 5) is 25.1. The Hall–Kier alpha value is -1.96. The first-order valence-corrected chi connectivity index (χ1v) is 11.3. The van der Waals surface area contributed by atoms with E-state index in [1.165, 1.54) is 0 Å². The standard InChI is InChI=1S/C25H38O7/c1-18-23(30-13-9-12-28-5)20(14-19-10-7-6-8-11-19)16-29-17-21(24(27)31-18)15-22(26)32-25(2,3)4/h6-8,10-11,18,20-21,23H,9,12-17H2,1-5H3/t18-,20-,21-,23-/m0/s1. The summed E-state index contributed by atoms with van der Waals surface area (Å²) in [7, 11) is 1.65. The van der Waals surface area contributed by atoms with Crippen molar-refractivity contribution in [3.63, 3.8) is 0 Å². The number of hydrogen-bond acceptors (Lipinski definition) is 7. The minimum Gasteiger partial charge on any atom is -0.460 e. The van der Waals surface area contributed by atoms with Crippen LogP contribution in [0.1, 0.15) is 46.1 Å². The molecular weight excluding hydrogens is 412 g/mol. The van der Waals surface area contributed by atoms with Crippen LogP contribution in [0.3, 0.4) is 0 Å². The van der Waals surface area contributed by atoms with E-state index in [4.69, 9.17) is 23.7 Å². The molecule has 0 radical (unpaired) electrons. The van der Waals surface area contributed by atoms with E-state index in [9.17, 15) is 9.59 Å². The van der Waals surface area contributed by atoms with Gasteiger partial charge in [0.25, 0.3) is 0 Å². The molecule has 0 aromatic heterocycles. The molecule has 0 bridgehead atoms. The first-order chi connectivity index (χ1) is 15.2. The molecule has 32 heavy (non-hydrogen) atoms. The van der Waals surface area contributed by atoms with Crippen molar-refractivity contribution in [2.75, 3.05) is 33.5 Å². The van der Waals surface area contributed by atoms with Crippen LogP contribution in [0.4, 0.5) is 0 Å². The lowest BCUT2D eigenvalue weighted by atomic mass is 9.91. The molecule has 1 fully saturated rings. The number of hydrogen-bond donors (Lipinski definition) is 0. The second-order valence-corrected chi connectivity index (χ2v) is 9.30. The van der Waals surface area contributed by atoms with E-state index >= 15 is 0 Å². The molecule has 1 aromatic carbocycles. The van der Waals surface area contributed by atoms with Gasteiger partial charge in [0.15, 0.2) is 0 Å². The Morgan fingerprint density at radius 2 is 1.84 bits per heavy atom. The monoisotopic (exact) mass is 450 g/mol. The molecule has 0 unspecified atom stereocenters. The second kappa shape index (κ2) is 12.9. The highest BCUT2D eigenvalue weighted by Crippen LogP contribution is 2.25. The highest BCUT2D eigenvalue weighted by Gasteiger charge is 2.36. The summed E-state index contributed by atoms with van der Waals surface area (Å²) in [6.45, 7) is 8.82. The zero-order valence-corrected chi connectivity index (χ0v) is 20.0. The summed E-state index contributed by atoms with van der Waals surface area (Å²) in [5.74, 6) is -1.63. The van der Waals surface area contributed by atoms with Crippen LogP contribution in [0.25, 0.3) is 0 Å². The maximum atomic E-state index is 12.8. The van der Waals surface area contributed by atoms with Crippen molar-refractivity contribution in [3.8, 4) is 0 Å². The number of cyclic esters (lactones) is 1. The number of carbonyl (C=O) groups excluding carboxylic acids is 2. The second-order valence-electron chi connectivity index (χ2n) is 9.30. The smallest absolute Gasteiger partial charge is 0.312 e. The van der Waals surface area contributed by atoms with Gasteiger partial charge in [0.05, 0.1) is 31.7 Å². The summed E-state index contributed by atoms with van der Waals surface area (Å²) >= 11 is 0. The van der Waals surface area contributed by atoms with E-state index in [0.717, 1.165) is 18.4 Å². The van der Waals surface area contributed by atoms with Gasteiger partial charge in [0.1, 0.15) is 11.7 Å². The van der Waals surface area contributed by atoms with Crippen molar-refractivity contribution < 1.29 is 33.3 Å². The molecule has 1 heterocycles. The largest absolute Gasteiger partial charge is 0.460 e. The van der Waals surface area contributed by atoms with E-state index in [2.05, 4.69) is 12.1 Å². The third kappa shape index (κ3) is 9.27. The number of carbonyl (C=O) groups is 2. The SMILES string of the molecule is COCCCO[C@@H]1[C@@H](Cc2ccccc2)COC[C@H](CC(=O)OC(C)(C)C)C(=O)O[C@H]1C. The molecular formula is C25H38O7. The van der Waals surface area contributed by atoms with Crippen molar-refractivity contribution in [1.82, 2.24) is 0 Å². The molecule has 1 saturated heterocycles. The maximum absolute atomic E-state index is 12.8. The van der Waals surface area contributed by atoms with E-state index < -0.39 is 29.6 Å². The minimum absolute atomic E-state index is 0.0111. The molecule has 0 amide bonds. The van der Waals surface area contributed by atoms with Gasteiger partial charge < -0.3 is 23.7 Å². The fourth-order valence-electron chi connectivity index (χ4n) is 3.77. The van der Waals surface area contributed by atoms with Gasteiger partial charge in [-0.2, -0.15) is 0 Å². The Labute approximate surface area is 191 Å². The topological polar surface area (TPSA) is 80.3 Å². The van der Waals surface area contributed by atoms with Crippen molar-refractivity contribution >= 4 is 11.9 Å². The van der Waals surface area contributed by atoms with Crippen LogP contribution < -0.4 is 0 Å². The Bertz CT molecular complexity index is 698.